The lowest BCUT2D eigenvalue weighted by molar-refractivity contribution is 0.0996. The van der Waals surface area contributed by atoms with Crippen molar-refractivity contribution in [1.82, 2.24) is 4.98 Å². The second-order valence-electron chi connectivity index (χ2n) is 4.21. The van der Waals surface area contributed by atoms with Crippen molar-refractivity contribution in [2.45, 2.75) is 6.42 Å². The largest absolute Gasteiger partial charge is 0.293 e. The summed E-state index contributed by atoms with van der Waals surface area (Å²) < 4.78 is 14.0. The van der Waals surface area contributed by atoms with Crippen LogP contribution in [0.4, 0.5) is 4.39 Å². The molecule has 94 valence electrons. The molecule has 0 amide bonds. The minimum atomic E-state index is -0.283. The molecule has 3 aromatic rings. The molecule has 0 fully saturated rings. The number of halogens is 1. The molecule has 0 spiro atoms. The van der Waals surface area contributed by atoms with E-state index in [-0.39, 0.29) is 18.0 Å². The lowest BCUT2D eigenvalue weighted by atomic mass is 10.1. The highest BCUT2D eigenvalue weighted by molar-refractivity contribution is 7.20. The van der Waals surface area contributed by atoms with Crippen LogP contribution in [0.5, 0.6) is 0 Å². The average molecular weight is 271 g/mol. The van der Waals surface area contributed by atoms with E-state index in [0.717, 1.165) is 15.8 Å². The summed E-state index contributed by atoms with van der Waals surface area (Å²) in [7, 11) is 0. The van der Waals surface area contributed by atoms with Crippen LogP contribution in [0.3, 0.4) is 0 Å². The maximum absolute atomic E-state index is 13.1. The monoisotopic (exact) mass is 271 g/mol. The number of benzene rings is 1. The fourth-order valence-electron chi connectivity index (χ4n) is 1.91. The molecular formula is C15H10FNOS. The predicted octanol–water partition coefficient (Wildman–Crippen LogP) is 3.86. The molecule has 3 rings (SSSR count). The first kappa shape index (κ1) is 12.0. The van der Waals surface area contributed by atoms with E-state index in [0.29, 0.717) is 4.88 Å². The Hall–Kier alpha value is -2.07. The van der Waals surface area contributed by atoms with Crippen molar-refractivity contribution in [3.63, 3.8) is 0 Å². The van der Waals surface area contributed by atoms with E-state index in [4.69, 9.17) is 0 Å². The Labute approximate surface area is 113 Å². The smallest absolute Gasteiger partial charge is 0.178 e. The van der Waals surface area contributed by atoms with Gasteiger partial charge in [-0.1, -0.05) is 6.07 Å². The standard InChI is InChI=1S/C15H10FNOS/c16-11-4-5-14-10(7-11)8-15(19-14)13(18)9-12-3-1-2-6-17-12/h1-8H,9H2. The van der Waals surface area contributed by atoms with Gasteiger partial charge in [0.25, 0.3) is 0 Å². The first-order valence-electron chi connectivity index (χ1n) is 5.84. The Bertz CT molecular complexity index is 736. The lowest BCUT2D eigenvalue weighted by Gasteiger charge is -1.96. The number of nitrogens with zero attached hydrogens (tertiary/aromatic N) is 1. The average Bonchev–Trinajstić information content (AvgIpc) is 2.83. The summed E-state index contributed by atoms with van der Waals surface area (Å²) in [4.78, 5) is 16.9. The van der Waals surface area contributed by atoms with Crippen molar-refractivity contribution in [2.24, 2.45) is 0 Å². The molecule has 0 aliphatic rings. The van der Waals surface area contributed by atoms with E-state index in [2.05, 4.69) is 4.98 Å². The number of carbonyl (C=O) groups is 1. The van der Waals surface area contributed by atoms with E-state index >= 15 is 0 Å². The van der Waals surface area contributed by atoms with Gasteiger partial charge in [-0.05, 0) is 41.8 Å². The van der Waals surface area contributed by atoms with Crippen molar-refractivity contribution >= 4 is 27.2 Å². The molecule has 0 saturated carbocycles. The van der Waals surface area contributed by atoms with Gasteiger partial charge in [0.2, 0.25) is 0 Å². The molecular weight excluding hydrogens is 261 g/mol. The van der Waals surface area contributed by atoms with Gasteiger partial charge in [-0.3, -0.25) is 9.78 Å². The van der Waals surface area contributed by atoms with Crippen LogP contribution < -0.4 is 0 Å². The summed E-state index contributed by atoms with van der Waals surface area (Å²) >= 11 is 1.39. The maximum Gasteiger partial charge on any atom is 0.178 e. The second kappa shape index (κ2) is 4.90. The normalized spacial score (nSPS) is 10.8. The minimum absolute atomic E-state index is 0.0142. The topological polar surface area (TPSA) is 30.0 Å². The predicted molar refractivity (Wildman–Crippen MR) is 74.1 cm³/mol. The molecule has 2 nitrogen and oxygen atoms in total. The number of rotatable bonds is 3. The third-order valence-electron chi connectivity index (χ3n) is 2.82. The zero-order valence-corrected chi connectivity index (χ0v) is 10.8. The number of hydrogen-bond acceptors (Lipinski definition) is 3. The zero-order valence-electron chi connectivity index (χ0n) is 9.97. The molecule has 4 heteroatoms. The van der Waals surface area contributed by atoms with Crippen LogP contribution in [-0.4, -0.2) is 10.8 Å². The van der Waals surface area contributed by atoms with E-state index in [9.17, 15) is 9.18 Å². The summed E-state index contributed by atoms with van der Waals surface area (Å²) in [6.07, 6.45) is 1.94. The van der Waals surface area contributed by atoms with Crippen molar-refractivity contribution in [2.75, 3.05) is 0 Å². The van der Waals surface area contributed by atoms with Crippen molar-refractivity contribution < 1.29 is 9.18 Å². The summed E-state index contributed by atoms with van der Waals surface area (Å²) in [5.74, 6) is -0.269. The zero-order chi connectivity index (χ0) is 13.2. The summed E-state index contributed by atoms with van der Waals surface area (Å²) in [6, 6.07) is 11.8. The van der Waals surface area contributed by atoms with Crippen LogP contribution in [0.2, 0.25) is 0 Å². The number of pyridine rings is 1. The van der Waals surface area contributed by atoms with Gasteiger partial charge < -0.3 is 0 Å². The van der Waals surface area contributed by atoms with Gasteiger partial charge in [0.15, 0.2) is 5.78 Å². The number of thiophene rings is 1. The van der Waals surface area contributed by atoms with Gasteiger partial charge in [-0.15, -0.1) is 11.3 Å². The summed E-state index contributed by atoms with van der Waals surface area (Å²) in [5.41, 5.74) is 0.746. The lowest BCUT2D eigenvalue weighted by Crippen LogP contribution is -2.02. The highest BCUT2D eigenvalue weighted by Gasteiger charge is 2.12. The maximum atomic E-state index is 13.1. The molecule has 0 N–H and O–H groups in total. The van der Waals surface area contributed by atoms with E-state index in [1.54, 1.807) is 18.3 Å². The van der Waals surface area contributed by atoms with Crippen molar-refractivity contribution in [1.29, 1.82) is 0 Å². The Morgan fingerprint density at radius 1 is 1.21 bits per heavy atom. The first-order chi connectivity index (χ1) is 9.22. The number of carbonyl (C=O) groups excluding carboxylic acids is 1. The summed E-state index contributed by atoms with van der Waals surface area (Å²) in [6.45, 7) is 0. The Morgan fingerprint density at radius 2 is 2.11 bits per heavy atom. The quantitative estimate of drug-likeness (QED) is 0.677. The van der Waals surface area contributed by atoms with Crippen LogP contribution >= 0.6 is 11.3 Å². The number of fused-ring (bicyclic) bond motifs is 1. The van der Waals surface area contributed by atoms with Crippen LogP contribution in [0.1, 0.15) is 15.4 Å². The third-order valence-corrected chi connectivity index (χ3v) is 3.98. The fraction of sp³-hybridized carbons (Fsp3) is 0.0667. The third kappa shape index (κ3) is 2.53. The van der Waals surface area contributed by atoms with Crippen molar-refractivity contribution in [3.05, 3.63) is 65.0 Å². The van der Waals surface area contributed by atoms with Crippen LogP contribution in [0.15, 0.2) is 48.7 Å². The van der Waals surface area contributed by atoms with Crippen LogP contribution in [0, 0.1) is 5.82 Å². The molecule has 19 heavy (non-hydrogen) atoms. The van der Waals surface area contributed by atoms with Gasteiger partial charge in [0, 0.05) is 16.6 Å². The first-order valence-corrected chi connectivity index (χ1v) is 6.66. The molecule has 0 aliphatic carbocycles. The van der Waals surface area contributed by atoms with Gasteiger partial charge in [0.1, 0.15) is 5.82 Å². The second-order valence-corrected chi connectivity index (χ2v) is 5.30. The minimum Gasteiger partial charge on any atom is -0.293 e. The number of hydrogen-bond donors (Lipinski definition) is 0. The highest BCUT2D eigenvalue weighted by Crippen LogP contribution is 2.27. The molecule has 1 aromatic carbocycles. The molecule has 2 aromatic heterocycles. The van der Waals surface area contributed by atoms with Gasteiger partial charge in [0.05, 0.1) is 11.3 Å². The van der Waals surface area contributed by atoms with Crippen LogP contribution in [-0.2, 0) is 6.42 Å². The molecule has 0 unspecified atom stereocenters. The summed E-state index contributed by atoms with van der Waals surface area (Å²) in [5, 5.41) is 0.773. The number of aromatic nitrogens is 1. The van der Waals surface area contributed by atoms with Crippen LogP contribution in [0.25, 0.3) is 10.1 Å². The SMILES string of the molecule is O=C(Cc1ccccn1)c1cc2cc(F)ccc2s1. The Kier molecular flexibility index (Phi) is 3.09. The van der Waals surface area contributed by atoms with Gasteiger partial charge >= 0.3 is 0 Å². The number of Topliss-reactive ketones (excluding diaryl/α,β-unsaturated/α-hetero) is 1. The number of ketones is 1. The van der Waals surface area contributed by atoms with E-state index in [1.807, 2.05) is 18.2 Å². The molecule has 0 atom stereocenters. The van der Waals surface area contributed by atoms with Gasteiger partial charge in [-0.25, -0.2) is 4.39 Å². The molecule has 0 saturated heterocycles. The fourth-order valence-corrected chi connectivity index (χ4v) is 2.89. The Morgan fingerprint density at radius 3 is 2.89 bits per heavy atom. The van der Waals surface area contributed by atoms with E-state index < -0.39 is 0 Å². The highest BCUT2D eigenvalue weighted by atomic mass is 32.1. The molecule has 0 aliphatic heterocycles. The Balaban J connectivity index is 1.89. The molecule has 0 bridgehead atoms. The van der Waals surface area contributed by atoms with E-state index in [1.165, 1.54) is 23.5 Å². The molecule has 0 radical (unpaired) electrons. The molecule has 2 heterocycles. The van der Waals surface area contributed by atoms with Crippen molar-refractivity contribution in [3.8, 4) is 0 Å². The van der Waals surface area contributed by atoms with Gasteiger partial charge in [-0.2, -0.15) is 0 Å².